The summed E-state index contributed by atoms with van der Waals surface area (Å²) in [5, 5.41) is 9.12. The third kappa shape index (κ3) is 2.28. The van der Waals surface area contributed by atoms with E-state index in [1.807, 2.05) is 0 Å². The third-order valence-corrected chi connectivity index (χ3v) is 3.12. The molecule has 1 aliphatic heterocycles. The fourth-order valence-corrected chi connectivity index (χ4v) is 1.96. The number of hydrogen-bond acceptors (Lipinski definition) is 2. The maximum Gasteiger partial charge on any atom is 0.329 e. The van der Waals surface area contributed by atoms with Crippen molar-refractivity contribution in [2.45, 2.75) is 39.2 Å². The van der Waals surface area contributed by atoms with Crippen LogP contribution in [-0.4, -0.2) is 52.1 Å². The summed E-state index contributed by atoms with van der Waals surface area (Å²) in [6.07, 6.45) is 2.02. The highest BCUT2D eigenvalue weighted by molar-refractivity contribution is 5.85. The lowest BCUT2D eigenvalue weighted by Crippen LogP contribution is -2.56. The van der Waals surface area contributed by atoms with Crippen LogP contribution in [0.4, 0.5) is 4.79 Å². The molecule has 0 radical (unpaired) electrons. The first-order valence-corrected chi connectivity index (χ1v) is 5.71. The molecular formula is C11H20N2O3. The average molecular weight is 228 g/mol. The number of likely N-dealkylation sites (N-methyl/N-ethyl adjacent to an activating group) is 1. The Balaban J connectivity index is 2.80. The summed E-state index contributed by atoms with van der Waals surface area (Å²) in [4.78, 5) is 26.4. The molecule has 1 saturated heterocycles. The van der Waals surface area contributed by atoms with Crippen molar-refractivity contribution in [2.75, 3.05) is 19.6 Å². The van der Waals surface area contributed by atoms with Crippen LogP contribution < -0.4 is 0 Å². The van der Waals surface area contributed by atoms with E-state index in [9.17, 15) is 9.59 Å². The second-order valence-corrected chi connectivity index (χ2v) is 4.59. The van der Waals surface area contributed by atoms with E-state index in [-0.39, 0.29) is 6.03 Å². The van der Waals surface area contributed by atoms with E-state index in [0.717, 1.165) is 25.9 Å². The van der Waals surface area contributed by atoms with Gasteiger partial charge in [0.1, 0.15) is 5.54 Å². The van der Waals surface area contributed by atoms with Gasteiger partial charge in [0.25, 0.3) is 0 Å². The summed E-state index contributed by atoms with van der Waals surface area (Å²) in [5.41, 5.74) is -1.14. The van der Waals surface area contributed by atoms with Crippen molar-refractivity contribution in [1.29, 1.82) is 0 Å². The van der Waals surface area contributed by atoms with Crippen molar-refractivity contribution in [1.82, 2.24) is 9.80 Å². The molecule has 92 valence electrons. The minimum atomic E-state index is -1.14. The Morgan fingerprint density at radius 1 is 1.31 bits per heavy atom. The standard InChI is InChI=1S/C11H20N2O3/c1-4-13(11(2,3)9(14)15)10(16)12-7-5-6-8-12/h4-8H2,1-3H3,(H,14,15). The largest absolute Gasteiger partial charge is 0.480 e. The predicted octanol–water partition coefficient (Wildman–Crippen LogP) is 1.39. The number of likely N-dealkylation sites (tertiary alicyclic amines) is 1. The fraction of sp³-hybridized carbons (Fsp3) is 0.818. The van der Waals surface area contributed by atoms with Gasteiger partial charge < -0.3 is 14.9 Å². The predicted molar refractivity (Wildman–Crippen MR) is 60.3 cm³/mol. The average Bonchev–Trinajstić information content (AvgIpc) is 2.70. The quantitative estimate of drug-likeness (QED) is 0.794. The van der Waals surface area contributed by atoms with E-state index in [0.29, 0.717) is 6.54 Å². The molecule has 0 aromatic carbocycles. The maximum absolute atomic E-state index is 12.1. The van der Waals surface area contributed by atoms with Gasteiger partial charge in [-0.2, -0.15) is 0 Å². The van der Waals surface area contributed by atoms with Crippen LogP contribution in [0.1, 0.15) is 33.6 Å². The van der Waals surface area contributed by atoms with Crippen LogP contribution in [-0.2, 0) is 4.79 Å². The number of hydrogen-bond donors (Lipinski definition) is 1. The SMILES string of the molecule is CCN(C(=O)N1CCCC1)C(C)(C)C(=O)O. The zero-order valence-electron chi connectivity index (χ0n) is 10.2. The number of aliphatic carboxylic acids is 1. The second-order valence-electron chi connectivity index (χ2n) is 4.59. The minimum Gasteiger partial charge on any atom is -0.480 e. The van der Waals surface area contributed by atoms with E-state index < -0.39 is 11.5 Å². The molecule has 0 aliphatic carbocycles. The number of carboxylic acids is 1. The number of carboxylic acid groups (broad SMARTS) is 1. The summed E-state index contributed by atoms with van der Waals surface area (Å²) >= 11 is 0. The first kappa shape index (κ1) is 12.8. The lowest BCUT2D eigenvalue weighted by Gasteiger charge is -2.36. The van der Waals surface area contributed by atoms with Gasteiger partial charge in [-0.3, -0.25) is 0 Å². The molecule has 1 N–H and O–H groups in total. The molecule has 0 spiro atoms. The number of carbonyl (C=O) groups is 2. The Morgan fingerprint density at radius 3 is 2.19 bits per heavy atom. The Bertz CT molecular complexity index is 283. The summed E-state index contributed by atoms with van der Waals surface area (Å²) in [6, 6.07) is -0.160. The van der Waals surface area contributed by atoms with Gasteiger partial charge in [0.2, 0.25) is 0 Å². The Hall–Kier alpha value is -1.26. The van der Waals surface area contributed by atoms with Crippen LogP contribution in [0, 0.1) is 0 Å². The van der Waals surface area contributed by atoms with Crippen molar-refractivity contribution in [3.05, 3.63) is 0 Å². The Labute approximate surface area is 96.0 Å². The lowest BCUT2D eigenvalue weighted by atomic mass is 10.0. The summed E-state index contributed by atoms with van der Waals surface area (Å²) < 4.78 is 0. The molecule has 0 unspecified atom stereocenters. The highest BCUT2D eigenvalue weighted by Gasteiger charge is 2.39. The molecule has 1 rings (SSSR count). The molecule has 0 saturated carbocycles. The van der Waals surface area contributed by atoms with Crippen LogP contribution >= 0.6 is 0 Å². The van der Waals surface area contributed by atoms with E-state index in [2.05, 4.69) is 0 Å². The van der Waals surface area contributed by atoms with Crippen molar-refractivity contribution in [2.24, 2.45) is 0 Å². The molecule has 16 heavy (non-hydrogen) atoms. The first-order chi connectivity index (χ1) is 7.41. The molecule has 0 atom stereocenters. The smallest absolute Gasteiger partial charge is 0.329 e. The van der Waals surface area contributed by atoms with Crippen molar-refractivity contribution in [3.8, 4) is 0 Å². The monoisotopic (exact) mass is 228 g/mol. The normalized spacial score (nSPS) is 16.3. The highest BCUT2D eigenvalue weighted by atomic mass is 16.4. The molecule has 0 aromatic heterocycles. The van der Waals surface area contributed by atoms with Crippen LogP contribution in [0.25, 0.3) is 0 Å². The number of urea groups is 1. The molecule has 5 nitrogen and oxygen atoms in total. The maximum atomic E-state index is 12.1. The van der Waals surface area contributed by atoms with Crippen LogP contribution in [0.2, 0.25) is 0 Å². The van der Waals surface area contributed by atoms with Gasteiger partial charge in [-0.05, 0) is 33.6 Å². The number of rotatable bonds is 3. The minimum absolute atomic E-state index is 0.160. The zero-order valence-corrected chi connectivity index (χ0v) is 10.2. The third-order valence-electron chi connectivity index (χ3n) is 3.12. The van der Waals surface area contributed by atoms with Crippen LogP contribution in [0.5, 0.6) is 0 Å². The Morgan fingerprint density at radius 2 is 1.81 bits per heavy atom. The molecule has 0 aromatic rings. The molecule has 1 heterocycles. The summed E-state index contributed by atoms with van der Waals surface area (Å²) in [6.45, 7) is 6.82. The van der Waals surface area contributed by atoms with Crippen molar-refractivity contribution in [3.63, 3.8) is 0 Å². The second kappa shape index (κ2) is 4.72. The molecule has 1 fully saturated rings. The van der Waals surface area contributed by atoms with Crippen molar-refractivity contribution < 1.29 is 14.7 Å². The van der Waals surface area contributed by atoms with E-state index in [4.69, 9.17) is 5.11 Å². The molecule has 0 bridgehead atoms. The Kier molecular flexibility index (Phi) is 3.78. The van der Waals surface area contributed by atoms with E-state index in [1.165, 1.54) is 4.90 Å². The van der Waals surface area contributed by atoms with Gasteiger partial charge in [0, 0.05) is 19.6 Å². The lowest BCUT2D eigenvalue weighted by molar-refractivity contribution is -0.147. The van der Waals surface area contributed by atoms with Crippen LogP contribution in [0.15, 0.2) is 0 Å². The van der Waals surface area contributed by atoms with Gasteiger partial charge in [-0.25, -0.2) is 9.59 Å². The summed E-state index contributed by atoms with van der Waals surface area (Å²) in [7, 11) is 0. The number of carbonyl (C=O) groups excluding carboxylic acids is 1. The topological polar surface area (TPSA) is 60.9 Å². The molecule has 1 aliphatic rings. The zero-order chi connectivity index (χ0) is 12.3. The first-order valence-electron chi connectivity index (χ1n) is 5.71. The molecule has 5 heteroatoms. The summed E-state index contributed by atoms with van der Waals surface area (Å²) in [5.74, 6) is -0.970. The number of nitrogens with zero attached hydrogens (tertiary/aromatic N) is 2. The van der Waals surface area contributed by atoms with E-state index >= 15 is 0 Å². The van der Waals surface area contributed by atoms with Gasteiger partial charge in [0.15, 0.2) is 0 Å². The van der Waals surface area contributed by atoms with Gasteiger partial charge >= 0.3 is 12.0 Å². The van der Waals surface area contributed by atoms with Gasteiger partial charge in [-0.1, -0.05) is 0 Å². The van der Waals surface area contributed by atoms with Crippen molar-refractivity contribution >= 4 is 12.0 Å². The molecular weight excluding hydrogens is 208 g/mol. The van der Waals surface area contributed by atoms with Gasteiger partial charge in [0.05, 0.1) is 0 Å². The van der Waals surface area contributed by atoms with E-state index in [1.54, 1.807) is 25.7 Å². The molecule has 2 amide bonds. The van der Waals surface area contributed by atoms with Gasteiger partial charge in [-0.15, -0.1) is 0 Å². The highest BCUT2D eigenvalue weighted by Crippen LogP contribution is 2.19. The number of amides is 2. The fourth-order valence-electron chi connectivity index (χ4n) is 1.96. The van der Waals surface area contributed by atoms with Crippen LogP contribution in [0.3, 0.4) is 0 Å².